The third-order valence-corrected chi connectivity index (χ3v) is 4.58. The van der Waals surface area contributed by atoms with Crippen LogP contribution in [-0.4, -0.2) is 0 Å². The summed E-state index contributed by atoms with van der Waals surface area (Å²) >= 11 is 0. The fourth-order valence-corrected chi connectivity index (χ4v) is 3.68. The van der Waals surface area contributed by atoms with E-state index in [4.69, 9.17) is 0 Å². The van der Waals surface area contributed by atoms with E-state index in [1.807, 2.05) is 0 Å². The van der Waals surface area contributed by atoms with E-state index in [0.717, 1.165) is 29.6 Å². The molecule has 2 aliphatic carbocycles. The van der Waals surface area contributed by atoms with E-state index >= 15 is 0 Å². The molecule has 0 radical (unpaired) electrons. The van der Waals surface area contributed by atoms with Crippen LogP contribution in [0, 0.1) is 29.6 Å². The van der Waals surface area contributed by atoms with E-state index in [2.05, 4.69) is 20.8 Å². The molecule has 0 spiro atoms. The molecule has 12 heavy (non-hydrogen) atoms. The molecule has 2 rings (SSSR count). The van der Waals surface area contributed by atoms with Gasteiger partial charge >= 0.3 is 0 Å². The number of rotatable bonds is 2. The van der Waals surface area contributed by atoms with Gasteiger partial charge in [-0.3, -0.25) is 0 Å². The quantitative estimate of drug-likeness (QED) is 0.586. The Bertz CT molecular complexity index is 161. The highest BCUT2D eigenvalue weighted by atomic mass is 14.5. The fourth-order valence-electron chi connectivity index (χ4n) is 3.68. The lowest BCUT2D eigenvalue weighted by molar-refractivity contribution is 0.0922. The molecule has 2 aliphatic rings. The second-order valence-corrected chi connectivity index (χ2v) is 5.18. The van der Waals surface area contributed by atoms with Gasteiger partial charge < -0.3 is 0 Å². The average Bonchev–Trinajstić information content (AvgIpc) is 2.28. The Balaban J connectivity index is 1.95. The number of hydrogen-bond acceptors (Lipinski definition) is 0. The van der Waals surface area contributed by atoms with Crippen LogP contribution >= 0.6 is 0 Å². The molecule has 0 heterocycles. The molecule has 0 amide bonds. The Morgan fingerprint density at radius 2 is 1.83 bits per heavy atom. The molecule has 0 N–H and O–H groups in total. The first kappa shape index (κ1) is 8.59. The van der Waals surface area contributed by atoms with E-state index in [-0.39, 0.29) is 0 Å². The maximum atomic E-state index is 2.50. The topological polar surface area (TPSA) is 0 Å². The molecular weight excluding hydrogens is 144 g/mol. The van der Waals surface area contributed by atoms with Gasteiger partial charge in [0.2, 0.25) is 0 Å². The second kappa shape index (κ2) is 3.05. The molecule has 0 saturated heterocycles. The van der Waals surface area contributed by atoms with Crippen LogP contribution in [0.3, 0.4) is 0 Å². The molecule has 0 aromatic heterocycles. The Morgan fingerprint density at radius 3 is 2.33 bits per heavy atom. The Morgan fingerprint density at radius 1 is 1.08 bits per heavy atom. The standard InChI is InChI=1S/C12H22/c1-4-5-10-7-11-8(2)6-12(11)9(10)3/h8-12H,4-7H2,1-3H3. The molecule has 70 valence electrons. The van der Waals surface area contributed by atoms with E-state index < -0.39 is 0 Å². The Labute approximate surface area is 76.7 Å². The minimum Gasteiger partial charge on any atom is -0.0654 e. The van der Waals surface area contributed by atoms with Gasteiger partial charge in [0, 0.05) is 0 Å². The summed E-state index contributed by atoms with van der Waals surface area (Å²) in [5.41, 5.74) is 0. The highest BCUT2D eigenvalue weighted by Crippen LogP contribution is 2.57. The molecular formula is C12H22. The van der Waals surface area contributed by atoms with Crippen molar-refractivity contribution in [2.45, 2.75) is 46.5 Å². The minimum absolute atomic E-state index is 1.05. The van der Waals surface area contributed by atoms with Crippen molar-refractivity contribution < 1.29 is 0 Å². The van der Waals surface area contributed by atoms with Gasteiger partial charge in [-0.05, 0) is 42.4 Å². The lowest BCUT2D eigenvalue weighted by Gasteiger charge is -2.40. The van der Waals surface area contributed by atoms with Crippen molar-refractivity contribution in [3.05, 3.63) is 0 Å². The monoisotopic (exact) mass is 166 g/mol. The normalized spacial score (nSPS) is 51.8. The van der Waals surface area contributed by atoms with Crippen LogP contribution in [0.15, 0.2) is 0 Å². The van der Waals surface area contributed by atoms with E-state index in [0.29, 0.717) is 0 Å². The third kappa shape index (κ3) is 1.11. The van der Waals surface area contributed by atoms with Gasteiger partial charge in [0.05, 0.1) is 0 Å². The molecule has 5 unspecified atom stereocenters. The Kier molecular flexibility index (Phi) is 2.18. The first-order valence-electron chi connectivity index (χ1n) is 5.74. The van der Waals surface area contributed by atoms with Crippen molar-refractivity contribution in [1.82, 2.24) is 0 Å². The third-order valence-electron chi connectivity index (χ3n) is 4.58. The molecule has 0 aromatic carbocycles. The lowest BCUT2D eigenvalue weighted by Crippen LogP contribution is -2.32. The van der Waals surface area contributed by atoms with Crippen LogP contribution in [0.2, 0.25) is 0 Å². The molecule has 2 saturated carbocycles. The summed E-state index contributed by atoms with van der Waals surface area (Å²) in [5, 5.41) is 0. The van der Waals surface area contributed by atoms with Crippen molar-refractivity contribution in [2.75, 3.05) is 0 Å². The van der Waals surface area contributed by atoms with Crippen LogP contribution in [0.1, 0.15) is 46.5 Å². The zero-order chi connectivity index (χ0) is 8.72. The summed E-state index contributed by atoms with van der Waals surface area (Å²) in [6.07, 6.45) is 5.97. The zero-order valence-corrected chi connectivity index (χ0v) is 8.72. The summed E-state index contributed by atoms with van der Waals surface area (Å²) in [4.78, 5) is 0. The van der Waals surface area contributed by atoms with Gasteiger partial charge in [0.15, 0.2) is 0 Å². The van der Waals surface area contributed by atoms with Gasteiger partial charge in [-0.1, -0.05) is 33.6 Å². The summed E-state index contributed by atoms with van der Waals surface area (Å²) < 4.78 is 0. The van der Waals surface area contributed by atoms with Crippen molar-refractivity contribution in [3.8, 4) is 0 Å². The van der Waals surface area contributed by atoms with E-state index in [1.54, 1.807) is 6.42 Å². The largest absolute Gasteiger partial charge is 0.0654 e. The molecule has 5 atom stereocenters. The van der Waals surface area contributed by atoms with Crippen molar-refractivity contribution in [3.63, 3.8) is 0 Å². The minimum atomic E-state index is 1.05. The first-order valence-corrected chi connectivity index (χ1v) is 5.74. The zero-order valence-electron chi connectivity index (χ0n) is 8.72. The molecule has 0 bridgehead atoms. The summed E-state index contributed by atoms with van der Waals surface area (Å²) in [6.45, 7) is 7.27. The molecule has 2 fully saturated rings. The maximum absolute atomic E-state index is 2.50. The predicted molar refractivity (Wildman–Crippen MR) is 52.9 cm³/mol. The van der Waals surface area contributed by atoms with Crippen LogP contribution in [0.5, 0.6) is 0 Å². The van der Waals surface area contributed by atoms with Crippen LogP contribution in [-0.2, 0) is 0 Å². The highest BCUT2D eigenvalue weighted by Gasteiger charge is 2.49. The highest BCUT2D eigenvalue weighted by molar-refractivity contribution is 4.98. The predicted octanol–water partition coefficient (Wildman–Crippen LogP) is 3.71. The fraction of sp³-hybridized carbons (Fsp3) is 1.00. The van der Waals surface area contributed by atoms with Crippen molar-refractivity contribution >= 4 is 0 Å². The molecule has 0 nitrogen and oxygen atoms in total. The van der Waals surface area contributed by atoms with Crippen molar-refractivity contribution in [1.29, 1.82) is 0 Å². The summed E-state index contributed by atoms with van der Waals surface area (Å²) in [5.74, 6) is 5.42. The number of fused-ring (bicyclic) bond motifs is 1. The van der Waals surface area contributed by atoms with Gasteiger partial charge in [-0.15, -0.1) is 0 Å². The lowest BCUT2D eigenvalue weighted by atomic mass is 9.65. The number of hydrogen-bond donors (Lipinski definition) is 0. The molecule has 0 heteroatoms. The smallest absolute Gasteiger partial charge is 0.0352 e. The SMILES string of the molecule is CCCC1CC2C(C)CC2C1C. The first-order chi connectivity index (χ1) is 5.74. The summed E-state index contributed by atoms with van der Waals surface area (Å²) in [6, 6.07) is 0. The van der Waals surface area contributed by atoms with Gasteiger partial charge in [0.1, 0.15) is 0 Å². The second-order valence-electron chi connectivity index (χ2n) is 5.18. The van der Waals surface area contributed by atoms with E-state index in [9.17, 15) is 0 Å². The van der Waals surface area contributed by atoms with Crippen LogP contribution in [0.25, 0.3) is 0 Å². The Hall–Kier alpha value is 0. The summed E-state index contributed by atoms with van der Waals surface area (Å²) in [7, 11) is 0. The van der Waals surface area contributed by atoms with E-state index in [1.165, 1.54) is 19.3 Å². The molecule has 0 aromatic rings. The van der Waals surface area contributed by atoms with Gasteiger partial charge in [0.25, 0.3) is 0 Å². The van der Waals surface area contributed by atoms with Gasteiger partial charge in [-0.2, -0.15) is 0 Å². The maximum Gasteiger partial charge on any atom is -0.0352 e. The van der Waals surface area contributed by atoms with Crippen molar-refractivity contribution in [2.24, 2.45) is 29.6 Å². The average molecular weight is 166 g/mol. The van der Waals surface area contributed by atoms with Crippen LogP contribution < -0.4 is 0 Å². The van der Waals surface area contributed by atoms with Gasteiger partial charge in [-0.25, -0.2) is 0 Å². The molecule has 0 aliphatic heterocycles. The van der Waals surface area contributed by atoms with Crippen LogP contribution in [0.4, 0.5) is 0 Å².